The van der Waals surface area contributed by atoms with Crippen molar-refractivity contribution in [3.63, 3.8) is 0 Å². The van der Waals surface area contributed by atoms with E-state index in [1.165, 1.54) is 22.5 Å². The van der Waals surface area contributed by atoms with Crippen LogP contribution in [0.5, 0.6) is 0 Å². The Morgan fingerprint density at radius 2 is 1.52 bits per heavy atom. The molecule has 6 nitrogen and oxygen atoms in total. The molecule has 2 heterocycles. The molecule has 0 unspecified atom stereocenters. The Bertz CT molecular complexity index is 1160. The molecule has 2 aromatic rings. The quantitative estimate of drug-likeness (QED) is 0.730. The van der Waals surface area contributed by atoms with Crippen LogP contribution >= 0.6 is 0 Å². The van der Waals surface area contributed by atoms with Gasteiger partial charge in [-0.25, -0.2) is 25.6 Å². The first-order valence-electron chi connectivity index (χ1n) is 9.32. The van der Waals surface area contributed by atoms with Crippen molar-refractivity contribution in [1.82, 2.24) is 4.31 Å². The zero-order chi connectivity index (χ0) is 20.8. The molecule has 0 radical (unpaired) electrons. The van der Waals surface area contributed by atoms with Crippen molar-refractivity contribution < 1.29 is 25.6 Å². The van der Waals surface area contributed by atoms with Gasteiger partial charge in [0.25, 0.3) is 10.0 Å². The fourth-order valence-electron chi connectivity index (χ4n) is 3.81. The third-order valence-electron chi connectivity index (χ3n) is 5.32. The third-order valence-corrected chi connectivity index (χ3v) is 9.04. The maximum Gasteiger partial charge on any atom is 0.267 e. The van der Waals surface area contributed by atoms with Crippen LogP contribution in [0.1, 0.15) is 24.8 Å². The fraction of sp³-hybridized carbons (Fsp3) is 0.368. The molecule has 0 aromatic heterocycles. The predicted molar refractivity (Wildman–Crippen MR) is 104 cm³/mol. The zero-order valence-corrected chi connectivity index (χ0v) is 17.1. The van der Waals surface area contributed by atoms with Crippen LogP contribution in [0.2, 0.25) is 0 Å². The lowest BCUT2D eigenvalue weighted by Gasteiger charge is -2.26. The van der Waals surface area contributed by atoms with Crippen molar-refractivity contribution in [2.45, 2.75) is 35.5 Å². The van der Waals surface area contributed by atoms with E-state index in [1.54, 1.807) is 0 Å². The smallest absolute Gasteiger partial charge is 0.266 e. The molecular weight excluding hydrogens is 422 g/mol. The summed E-state index contributed by atoms with van der Waals surface area (Å²) in [7, 11) is -7.96. The first-order chi connectivity index (χ1) is 13.7. The highest BCUT2D eigenvalue weighted by Crippen LogP contribution is 2.36. The van der Waals surface area contributed by atoms with Gasteiger partial charge < -0.3 is 0 Å². The average molecular weight is 443 g/mol. The van der Waals surface area contributed by atoms with Crippen LogP contribution in [-0.2, 0) is 26.5 Å². The highest BCUT2D eigenvalue weighted by atomic mass is 32.2. The first kappa shape index (κ1) is 20.2. The summed E-state index contributed by atoms with van der Waals surface area (Å²) in [6.45, 7) is 0.971. The second-order valence-electron chi connectivity index (χ2n) is 7.16. The number of hydrogen-bond acceptors (Lipinski definition) is 4. The maximum absolute atomic E-state index is 14.1. The molecule has 0 amide bonds. The van der Waals surface area contributed by atoms with Gasteiger partial charge in [0.15, 0.2) is 0 Å². The standard InChI is InChI=1S/C19H20F2N2O4S2/c20-15-4-6-17(21)19(13-15)29(26,27)23-11-8-14-12-16(5-7-18(14)23)28(24,25)22-9-2-1-3-10-22/h4-7,12-13H,1-3,8-11H2. The summed E-state index contributed by atoms with van der Waals surface area (Å²) in [6, 6.07) is 6.55. The van der Waals surface area contributed by atoms with Crippen molar-refractivity contribution >= 4 is 25.7 Å². The lowest BCUT2D eigenvalue weighted by molar-refractivity contribution is 0.346. The van der Waals surface area contributed by atoms with Gasteiger partial charge in [-0.2, -0.15) is 4.31 Å². The van der Waals surface area contributed by atoms with E-state index < -0.39 is 36.6 Å². The van der Waals surface area contributed by atoms with Gasteiger partial charge in [0.05, 0.1) is 10.6 Å². The Balaban J connectivity index is 1.69. The monoisotopic (exact) mass is 442 g/mol. The molecule has 0 aliphatic carbocycles. The molecule has 0 saturated carbocycles. The molecule has 1 fully saturated rings. The normalized spacial score (nSPS) is 18.1. The Hall–Kier alpha value is -2.04. The molecule has 0 N–H and O–H groups in total. The van der Waals surface area contributed by atoms with Gasteiger partial charge in [-0.3, -0.25) is 4.31 Å². The summed E-state index contributed by atoms with van der Waals surface area (Å²) in [6.07, 6.45) is 2.92. The van der Waals surface area contributed by atoms with Gasteiger partial charge in [0.2, 0.25) is 10.0 Å². The highest BCUT2D eigenvalue weighted by Gasteiger charge is 2.34. The topological polar surface area (TPSA) is 74.8 Å². The first-order valence-corrected chi connectivity index (χ1v) is 12.2. The minimum absolute atomic E-state index is 0.0286. The molecule has 10 heteroatoms. The Morgan fingerprint density at radius 3 is 2.24 bits per heavy atom. The molecule has 4 rings (SSSR count). The number of rotatable bonds is 4. The molecule has 2 aromatic carbocycles. The van der Waals surface area contributed by atoms with Crippen LogP contribution in [0.25, 0.3) is 0 Å². The van der Waals surface area contributed by atoms with Crippen LogP contribution in [0.4, 0.5) is 14.5 Å². The maximum atomic E-state index is 14.1. The van der Waals surface area contributed by atoms with Gasteiger partial charge in [-0.05, 0) is 61.2 Å². The van der Waals surface area contributed by atoms with E-state index in [-0.39, 0.29) is 23.5 Å². The number of piperidine rings is 1. The van der Waals surface area contributed by atoms with E-state index in [0.717, 1.165) is 35.7 Å². The molecule has 0 atom stereocenters. The van der Waals surface area contributed by atoms with Crippen molar-refractivity contribution in [2.75, 3.05) is 23.9 Å². The molecular formula is C19H20F2N2O4S2. The second-order valence-corrected chi connectivity index (χ2v) is 10.9. The van der Waals surface area contributed by atoms with E-state index in [9.17, 15) is 25.6 Å². The number of halogens is 2. The zero-order valence-electron chi connectivity index (χ0n) is 15.5. The van der Waals surface area contributed by atoms with Crippen LogP contribution in [0, 0.1) is 11.6 Å². The number of nitrogens with zero attached hydrogens (tertiary/aromatic N) is 2. The third kappa shape index (κ3) is 3.53. The molecule has 2 aliphatic heterocycles. The van der Waals surface area contributed by atoms with E-state index >= 15 is 0 Å². The summed E-state index contributed by atoms with van der Waals surface area (Å²) in [5.41, 5.74) is 0.828. The van der Waals surface area contributed by atoms with Crippen molar-refractivity contribution in [3.8, 4) is 0 Å². The van der Waals surface area contributed by atoms with Crippen LogP contribution in [0.3, 0.4) is 0 Å². The number of sulfonamides is 2. The lowest BCUT2D eigenvalue weighted by Crippen LogP contribution is -2.35. The summed E-state index contributed by atoms with van der Waals surface area (Å²) >= 11 is 0. The van der Waals surface area contributed by atoms with Gasteiger partial charge >= 0.3 is 0 Å². The van der Waals surface area contributed by atoms with Crippen LogP contribution in [-0.4, -0.2) is 40.8 Å². The molecule has 29 heavy (non-hydrogen) atoms. The van der Waals surface area contributed by atoms with E-state index in [4.69, 9.17) is 0 Å². The van der Waals surface area contributed by atoms with Gasteiger partial charge in [-0.15, -0.1) is 0 Å². The number of benzene rings is 2. The molecule has 0 spiro atoms. The molecule has 1 saturated heterocycles. The SMILES string of the molecule is O=S(=O)(c1ccc2c(c1)CCN2S(=O)(=O)c1cc(F)ccc1F)N1CCCCC1. The summed E-state index contributed by atoms with van der Waals surface area (Å²) in [5, 5.41) is 0. The van der Waals surface area contributed by atoms with Crippen molar-refractivity contribution in [1.29, 1.82) is 0 Å². The van der Waals surface area contributed by atoms with Crippen molar-refractivity contribution in [3.05, 3.63) is 53.6 Å². The van der Waals surface area contributed by atoms with Gasteiger partial charge in [-0.1, -0.05) is 6.42 Å². The lowest BCUT2D eigenvalue weighted by atomic mass is 10.2. The Labute approximate surface area is 168 Å². The molecule has 2 aliphatic rings. The second kappa shape index (κ2) is 7.33. The Morgan fingerprint density at radius 1 is 0.793 bits per heavy atom. The largest absolute Gasteiger partial charge is 0.267 e. The minimum atomic E-state index is -4.32. The van der Waals surface area contributed by atoms with E-state index in [0.29, 0.717) is 24.7 Å². The molecule has 0 bridgehead atoms. The minimum Gasteiger partial charge on any atom is -0.266 e. The van der Waals surface area contributed by atoms with Gasteiger partial charge in [0, 0.05) is 19.6 Å². The van der Waals surface area contributed by atoms with Crippen LogP contribution in [0.15, 0.2) is 46.2 Å². The van der Waals surface area contributed by atoms with Crippen LogP contribution < -0.4 is 4.31 Å². The Kier molecular flexibility index (Phi) is 5.12. The van der Waals surface area contributed by atoms with Crippen molar-refractivity contribution in [2.24, 2.45) is 0 Å². The number of fused-ring (bicyclic) bond motifs is 1. The number of anilines is 1. The summed E-state index contributed by atoms with van der Waals surface area (Å²) in [4.78, 5) is -0.621. The van der Waals surface area contributed by atoms with Gasteiger partial charge in [0.1, 0.15) is 16.5 Å². The fourth-order valence-corrected chi connectivity index (χ4v) is 6.96. The van der Waals surface area contributed by atoms with E-state index in [1.807, 2.05) is 0 Å². The predicted octanol–water partition coefficient (Wildman–Crippen LogP) is 2.89. The summed E-state index contributed by atoms with van der Waals surface area (Å²) < 4.78 is 81.5. The summed E-state index contributed by atoms with van der Waals surface area (Å²) in [5.74, 6) is -1.89. The highest BCUT2D eigenvalue weighted by molar-refractivity contribution is 7.92. The molecule has 156 valence electrons. The average Bonchev–Trinajstić information content (AvgIpc) is 3.14. The number of hydrogen-bond donors (Lipinski definition) is 0. The van der Waals surface area contributed by atoms with E-state index in [2.05, 4.69) is 0 Å².